The number of carbonyl (C=O) groups is 1. The second kappa shape index (κ2) is 8.68. The van der Waals surface area contributed by atoms with Gasteiger partial charge in [-0.3, -0.25) is 4.79 Å². The average molecular weight is 346 g/mol. The van der Waals surface area contributed by atoms with E-state index in [0.29, 0.717) is 22.8 Å². The number of hydrazone groups is 1. The number of carbonyl (C=O) groups excluding carboxylic acids is 1. The summed E-state index contributed by atoms with van der Waals surface area (Å²) < 4.78 is 29.0. The molecule has 1 N–H and O–H groups in total. The van der Waals surface area contributed by atoms with Crippen LogP contribution in [0.3, 0.4) is 0 Å². The van der Waals surface area contributed by atoms with Gasteiger partial charge in [0.25, 0.3) is 5.91 Å². The second-order valence-electron chi connectivity index (χ2n) is 5.02. The molecule has 0 saturated heterocycles. The molecule has 0 radical (unpaired) electrons. The third kappa shape index (κ3) is 4.94. The van der Waals surface area contributed by atoms with Crippen molar-refractivity contribution in [3.8, 4) is 17.2 Å². The second-order valence-corrected chi connectivity index (χ2v) is 5.02. The number of rotatable bonds is 7. The molecular weight excluding hydrogens is 327 g/mol. The summed E-state index contributed by atoms with van der Waals surface area (Å²) in [6.07, 6.45) is 0. The van der Waals surface area contributed by atoms with Crippen molar-refractivity contribution in [2.75, 3.05) is 20.8 Å². The van der Waals surface area contributed by atoms with Gasteiger partial charge in [-0.1, -0.05) is 12.1 Å². The zero-order chi connectivity index (χ0) is 18.2. The van der Waals surface area contributed by atoms with Crippen LogP contribution >= 0.6 is 0 Å². The Kier molecular flexibility index (Phi) is 6.33. The molecule has 0 bridgehead atoms. The van der Waals surface area contributed by atoms with Crippen LogP contribution in [0.1, 0.15) is 12.5 Å². The van der Waals surface area contributed by atoms with Crippen molar-refractivity contribution in [1.29, 1.82) is 0 Å². The standard InChI is InChI=1S/C18H19FN2O4/c1-12(14-10-13(23-2)8-9-16(14)24-3)20-21-18(22)11-25-17-7-5-4-6-15(17)19/h4-10H,11H2,1-3H3,(H,21,22)/b20-12-. The molecule has 7 heteroatoms. The Bertz CT molecular complexity index is 777. The normalized spacial score (nSPS) is 11.0. The number of benzene rings is 2. The molecule has 6 nitrogen and oxygen atoms in total. The van der Waals surface area contributed by atoms with Crippen LogP contribution in [0.15, 0.2) is 47.6 Å². The summed E-state index contributed by atoms with van der Waals surface area (Å²) in [5.41, 5.74) is 3.57. The molecule has 0 saturated carbocycles. The van der Waals surface area contributed by atoms with E-state index in [9.17, 15) is 9.18 Å². The lowest BCUT2D eigenvalue weighted by atomic mass is 10.1. The number of ether oxygens (including phenoxy) is 3. The fraction of sp³-hybridized carbons (Fsp3) is 0.222. The SMILES string of the molecule is COc1ccc(OC)c(/C(C)=N\NC(=O)COc2ccccc2F)c1. The summed E-state index contributed by atoms with van der Waals surface area (Å²) in [6, 6.07) is 11.1. The van der Waals surface area contributed by atoms with E-state index in [0.717, 1.165) is 0 Å². The van der Waals surface area contributed by atoms with Crippen molar-refractivity contribution < 1.29 is 23.4 Å². The molecule has 0 unspecified atom stereocenters. The summed E-state index contributed by atoms with van der Waals surface area (Å²) >= 11 is 0. The molecule has 0 aliphatic rings. The zero-order valence-corrected chi connectivity index (χ0v) is 14.2. The highest BCUT2D eigenvalue weighted by Gasteiger charge is 2.10. The Labute approximate surface area is 145 Å². The predicted molar refractivity (Wildman–Crippen MR) is 91.8 cm³/mol. The highest BCUT2D eigenvalue weighted by Crippen LogP contribution is 2.24. The minimum Gasteiger partial charge on any atom is -0.497 e. The fourth-order valence-corrected chi connectivity index (χ4v) is 2.04. The molecule has 132 valence electrons. The first kappa shape index (κ1) is 18.3. The maximum absolute atomic E-state index is 13.4. The molecule has 0 atom stereocenters. The van der Waals surface area contributed by atoms with Gasteiger partial charge in [0.2, 0.25) is 0 Å². The Balaban J connectivity index is 2.01. The Hall–Kier alpha value is -3.09. The van der Waals surface area contributed by atoms with Gasteiger partial charge in [0.05, 0.1) is 19.9 Å². The maximum atomic E-state index is 13.4. The van der Waals surface area contributed by atoms with Gasteiger partial charge >= 0.3 is 0 Å². The van der Waals surface area contributed by atoms with E-state index in [4.69, 9.17) is 14.2 Å². The van der Waals surface area contributed by atoms with Crippen molar-refractivity contribution in [3.63, 3.8) is 0 Å². The van der Waals surface area contributed by atoms with Crippen LogP contribution < -0.4 is 19.6 Å². The number of nitrogens with one attached hydrogen (secondary N) is 1. The van der Waals surface area contributed by atoms with E-state index in [1.807, 2.05) is 0 Å². The summed E-state index contributed by atoms with van der Waals surface area (Å²) in [7, 11) is 3.10. The van der Waals surface area contributed by atoms with E-state index >= 15 is 0 Å². The number of para-hydroxylation sites is 1. The van der Waals surface area contributed by atoms with E-state index in [2.05, 4.69) is 10.5 Å². The zero-order valence-electron chi connectivity index (χ0n) is 14.2. The topological polar surface area (TPSA) is 69.2 Å². The average Bonchev–Trinajstić information content (AvgIpc) is 2.64. The molecule has 25 heavy (non-hydrogen) atoms. The molecule has 2 aromatic carbocycles. The molecule has 2 aromatic rings. The molecule has 0 fully saturated rings. The minimum atomic E-state index is -0.531. The number of methoxy groups -OCH3 is 2. The van der Waals surface area contributed by atoms with E-state index in [1.54, 1.807) is 45.4 Å². The van der Waals surface area contributed by atoms with Gasteiger partial charge in [0.1, 0.15) is 11.5 Å². The smallest absolute Gasteiger partial charge is 0.277 e. The van der Waals surface area contributed by atoms with Crippen molar-refractivity contribution >= 4 is 11.6 Å². The molecule has 2 rings (SSSR count). The third-order valence-corrected chi connectivity index (χ3v) is 3.34. The van der Waals surface area contributed by atoms with E-state index in [1.165, 1.54) is 18.2 Å². The first-order valence-electron chi connectivity index (χ1n) is 7.48. The predicted octanol–water partition coefficient (Wildman–Crippen LogP) is 2.76. The van der Waals surface area contributed by atoms with Crippen molar-refractivity contribution in [2.45, 2.75) is 6.92 Å². The lowest BCUT2D eigenvalue weighted by molar-refractivity contribution is -0.123. The van der Waals surface area contributed by atoms with Crippen LogP contribution in [0.25, 0.3) is 0 Å². The van der Waals surface area contributed by atoms with E-state index in [-0.39, 0.29) is 12.4 Å². The molecule has 0 spiro atoms. The maximum Gasteiger partial charge on any atom is 0.277 e. The van der Waals surface area contributed by atoms with Crippen LogP contribution in [0.2, 0.25) is 0 Å². The Morgan fingerprint density at radius 2 is 1.88 bits per heavy atom. The Morgan fingerprint density at radius 1 is 1.12 bits per heavy atom. The third-order valence-electron chi connectivity index (χ3n) is 3.34. The molecule has 1 amide bonds. The van der Waals surface area contributed by atoms with Crippen LogP contribution in [0.4, 0.5) is 4.39 Å². The monoisotopic (exact) mass is 346 g/mol. The number of hydrogen-bond acceptors (Lipinski definition) is 5. The van der Waals surface area contributed by atoms with Crippen LogP contribution in [0, 0.1) is 5.82 Å². The van der Waals surface area contributed by atoms with Gasteiger partial charge in [-0.2, -0.15) is 5.10 Å². The lowest BCUT2D eigenvalue weighted by Gasteiger charge is -2.10. The summed E-state index contributed by atoms with van der Waals surface area (Å²) in [5, 5.41) is 4.02. The highest BCUT2D eigenvalue weighted by molar-refractivity contribution is 6.02. The number of halogens is 1. The summed E-state index contributed by atoms with van der Waals surface area (Å²) in [6.45, 7) is 1.36. The van der Waals surface area contributed by atoms with Gasteiger partial charge in [-0.15, -0.1) is 0 Å². The van der Waals surface area contributed by atoms with Crippen LogP contribution in [-0.2, 0) is 4.79 Å². The number of nitrogens with zero attached hydrogens (tertiary/aromatic N) is 1. The molecular formula is C18H19FN2O4. The fourth-order valence-electron chi connectivity index (χ4n) is 2.04. The number of amides is 1. The first-order valence-corrected chi connectivity index (χ1v) is 7.48. The van der Waals surface area contributed by atoms with Crippen LogP contribution in [0.5, 0.6) is 17.2 Å². The molecule has 0 aliphatic heterocycles. The van der Waals surface area contributed by atoms with Gasteiger partial charge < -0.3 is 14.2 Å². The minimum absolute atomic E-state index is 0.00724. The van der Waals surface area contributed by atoms with Gasteiger partial charge in [-0.05, 0) is 37.3 Å². The van der Waals surface area contributed by atoms with Crippen molar-refractivity contribution in [3.05, 3.63) is 53.8 Å². The van der Waals surface area contributed by atoms with Crippen LogP contribution in [-0.4, -0.2) is 32.4 Å². The quantitative estimate of drug-likeness (QED) is 0.618. The Morgan fingerprint density at radius 3 is 2.56 bits per heavy atom. The van der Waals surface area contributed by atoms with Gasteiger partial charge in [0.15, 0.2) is 18.2 Å². The molecule has 0 aromatic heterocycles. The lowest BCUT2D eigenvalue weighted by Crippen LogP contribution is -2.25. The summed E-state index contributed by atoms with van der Waals surface area (Å²) in [4.78, 5) is 11.8. The van der Waals surface area contributed by atoms with Gasteiger partial charge in [-0.25, -0.2) is 9.82 Å². The number of hydrogen-bond donors (Lipinski definition) is 1. The van der Waals surface area contributed by atoms with Gasteiger partial charge in [0, 0.05) is 5.56 Å². The molecule has 0 heterocycles. The first-order chi connectivity index (χ1) is 12.0. The summed E-state index contributed by atoms with van der Waals surface area (Å²) in [5.74, 6) is 0.201. The van der Waals surface area contributed by atoms with Crippen molar-refractivity contribution in [2.24, 2.45) is 5.10 Å². The van der Waals surface area contributed by atoms with E-state index < -0.39 is 11.7 Å². The largest absolute Gasteiger partial charge is 0.497 e. The highest BCUT2D eigenvalue weighted by atomic mass is 19.1. The molecule has 0 aliphatic carbocycles. The van der Waals surface area contributed by atoms with Crippen molar-refractivity contribution in [1.82, 2.24) is 5.43 Å².